The number of thiophene rings is 2. The van der Waals surface area contributed by atoms with Gasteiger partial charge in [-0.15, -0.1) is 22.7 Å². The van der Waals surface area contributed by atoms with E-state index < -0.39 is 10.0 Å². The summed E-state index contributed by atoms with van der Waals surface area (Å²) < 4.78 is 26.9. The lowest BCUT2D eigenvalue weighted by molar-refractivity contribution is 0.594. The maximum atomic E-state index is 12.7. The molecule has 3 heterocycles. The van der Waals surface area contributed by atoms with E-state index in [0.717, 1.165) is 20.3 Å². The third kappa shape index (κ3) is 2.15. The molecule has 1 aliphatic rings. The van der Waals surface area contributed by atoms with E-state index in [1.165, 1.54) is 9.18 Å². The van der Waals surface area contributed by atoms with Crippen molar-refractivity contribution in [2.75, 3.05) is 11.4 Å². The zero-order chi connectivity index (χ0) is 15.5. The molecule has 2 aromatic rings. The van der Waals surface area contributed by atoms with Crippen LogP contribution < -0.4 is 4.31 Å². The van der Waals surface area contributed by atoms with Gasteiger partial charge in [0.05, 0.1) is 15.4 Å². The molecule has 1 aliphatic heterocycles. The molecule has 0 saturated carbocycles. The summed E-state index contributed by atoms with van der Waals surface area (Å²) in [5.41, 5.74) is 0.827. The molecule has 0 saturated heterocycles. The minimum absolute atomic E-state index is 0.342. The van der Waals surface area contributed by atoms with Gasteiger partial charge in [-0.2, -0.15) is 0 Å². The van der Waals surface area contributed by atoms with Gasteiger partial charge >= 0.3 is 0 Å². The van der Waals surface area contributed by atoms with Crippen LogP contribution in [0.4, 0.5) is 5.69 Å². The Morgan fingerprint density at radius 1 is 0.952 bits per heavy atom. The van der Waals surface area contributed by atoms with Gasteiger partial charge in [0.15, 0.2) is 0 Å². The highest BCUT2D eigenvalue weighted by atomic mass is 32.2. The predicted molar refractivity (Wildman–Crippen MR) is 91.4 cm³/mol. The third-order valence-corrected chi connectivity index (χ3v) is 8.72. The molecule has 21 heavy (non-hydrogen) atoms. The third-order valence-electron chi connectivity index (χ3n) is 3.77. The molecule has 0 aromatic carbocycles. The summed E-state index contributed by atoms with van der Waals surface area (Å²) in [6.07, 6.45) is 0. The molecule has 0 bridgehead atoms. The van der Waals surface area contributed by atoms with E-state index in [4.69, 9.17) is 0 Å². The molecule has 3 nitrogen and oxygen atoms in total. The predicted octanol–water partition coefficient (Wildman–Crippen LogP) is 4.86. The lowest BCUT2D eigenvalue weighted by Gasteiger charge is -2.24. The van der Waals surface area contributed by atoms with Gasteiger partial charge in [-0.25, -0.2) is 8.42 Å². The Labute approximate surface area is 134 Å². The normalized spacial score (nSPS) is 16.4. The van der Waals surface area contributed by atoms with Gasteiger partial charge in [-0.1, -0.05) is 27.7 Å². The summed E-state index contributed by atoms with van der Waals surface area (Å²) in [4.78, 5) is 4.86. The fraction of sp³-hybridized carbons (Fsp3) is 0.467. The van der Waals surface area contributed by atoms with Crippen LogP contribution in [0.2, 0.25) is 0 Å². The maximum Gasteiger partial charge on any atom is 0.265 e. The number of nitrogens with zero attached hydrogens (tertiary/aromatic N) is 1. The Kier molecular flexibility index (Phi) is 3.46. The minimum Gasteiger partial charge on any atom is -0.268 e. The number of sulfonamides is 1. The summed E-state index contributed by atoms with van der Waals surface area (Å²) in [7, 11) is -1.76. The summed E-state index contributed by atoms with van der Waals surface area (Å²) in [5.74, 6) is 0.749. The van der Waals surface area contributed by atoms with Crippen LogP contribution in [0.1, 0.15) is 49.3 Å². The van der Waals surface area contributed by atoms with E-state index in [-0.39, 0.29) is 0 Å². The first-order valence-corrected chi connectivity index (χ1v) is 10.1. The molecule has 0 radical (unpaired) electrons. The standard InChI is InChI=1S/C15H19NO2S3/c1-8(2)11-6-10-14(19-11)15-13(21(17,18)16(10)5)7-12(20-15)9(3)4/h6-9H,1-5H3. The quantitative estimate of drug-likeness (QED) is 0.782. The molecule has 0 aliphatic carbocycles. The summed E-state index contributed by atoms with van der Waals surface area (Å²) >= 11 is 3.34. The van der Waals surface area contributed by atoms with Crippen molar-refractivity contribution in [3.8, 4) is 9.75 Å². The largest absolute Gasteiger partial charge is 0.268 e. The smallest absolute Gasteiger partial charge is 0.265 e. The molecule has 2 aromatic heterocycles. The highest BCUT2D eigenvalue weighted by molar-refractivity contribution is 7.93. The van der Waals surface area contributed by atoms with Crippen molar-refractivity contribution in [1.82, 2.24) is 0 Å². The van der Waals surface area contributed by atoms with Crippen LogP contribution in [0.5, 0.6) is 0 Å². The van der Waals surface area contributed by atoms with Crippen molar-refractivity contribution >= 4 is 38.4 Å². The van der Waals surface area contributed by atoms with Crippen LogP contribution in [-0.4, -0.2) is 15.5 Å². The molecular weight excluding hydrogens is 322 g/mol. The van der Waals surface area contributed by atoms with E-state index in [9.17, 15) is 8.42 Å². The first-order valence-electron chi connectivity index (χ1n) is 7.00. The van der Waals surface area contributed by atoms with E-state index >= 15 is 0 Å². The fourth-order valence-electron chi connectivity index (χ4n) is 2.38. The Bertz CT molecular complexity index is 797. The molecule has 0 spiro atoms. The Hall–Kier alpha value is -0.850. The second-order valence-corrected chi connectivity index (χ2v) is 10.1. The molecule has 114 valence electrons. The van der Waals surface area contributed by atoms with Gasteiger partial charge in [-0.05, 0) is 24.0 Å². The van der Waals surface area contributed by atoms with Crippen LogP contribution in [0.3, 0.4) is 0 Å². The molecule has 0 N–H and O–H groups in total. The van der Waals surface area contributed by atoms with Gasteiger partial charge < -0.3 is 0 Å². The van der Waals surface area contributed by atoms with Crippen molar-refractivity contribution in [2.24, 2.45) is 0 Å². The molecule has 6 heteroatoms. The number of anilines is 1. The van der Waals surface area contributed by atoms with Gasteiger partial charge in [-0.3, -0.25) is 4.31 Å². The van der Waals surface area contributed by atoms with Crippen LogP contribution in [-0.2, 0) is 10.0 Å². The van der Waals surface area contributed by atoms with Crippen LogP contribution in [0, 0.1) is 0 Å². The van der Waals surface area contributed by atoms with Gasteiger partial charge in [0, 0.05) is 16.8 Å². The molecular formula is C15H19NO2S3. The summed E-state index contributed by atoms with van der Waals surface area (Å²) in [5, 5.41) is 0. The lowest BCUT2D eigenvalue weighted by atomic mass is 10.1. The van der Waals surface area contributed by atoms with Crippen molar-refractivity contribution in [2.45, 2.75) is 44.4 Å². The Balaban J connectivity index is 2.31. The highest BCUT2D eigenvalue weighted by Crippen LogP contribution is 2.52. The van der Waals surface area contributed by atoms with E-state index in [2.05, 4.69) is 27.7 Å². The van der Waals surface area contributed by atoms with Crippen LogP contribution in [0.25, 0.3) is 9.75 Å². The molecule has 0 amide bonds. The second-order valence-electron chi connectivity index (χ2n) is 5.99. The number of hydrogen-bond donors (Lipinski definition) is 0. The molecule has 0 atom stereocenters. The molecule has 3 rings (SSSR count). The minimum atomic E-state index is -3.41. The average molecular weight is 342 g/mol. The number of hydrogen-bond acceptors (Lipinski definition) is 4. The SMILES string of the molecule is CC(C)c1cc2c(s1)-c1sc(C(C)C)cc1S(=O)(=O)N2C. The molecule has 0 fully saturated rings. The fourth-order valence-corrected chi connectivity index (χ4v) is 6.73. The van der Waals surface area contributed by atoms with Gasteiger partial charge in [0.25, 0.3) is 10.0 Å². The zero-order valence-electron chi connectivity index (χ0n) is 12.8. The zero-order valence-corrected chi connectivity index (χ0v) is 15.2. The van der Waals surface area contributed by atoms with Crippen molar-refractivity contribution < 1.29 is 8.42 Å². The molecule has 0 unspecified atom stereocenters. The second kappa shape index (κ2) is 4.83. The first kappa shape index (κ1) is 15.1. The monoisotopic (exact) mass is 341 g/mol. The average Bonchev–Trinajstić information content (AvgIpc) is 3.00. The van der Waals surface area contributed by atoms with E-state index in [1.54, 1.807) is 29.7 Å². The Morgan fingerprint density at radius 3 is 2.05 bits per heavy atom. The number of rotatable bonds is 2. The lowest BCUT2D eigenvalue weighted by Crippen LogP contribution is -2.28. The first-order chi connectivity index (χ1) is 9.73. The number of fused-ring (bicyclic) bond motifs is 3. The van der Waals surface area contributed by atoms with Gasteiger partial charge in [0.1, 0.15) is 4.90 Å². The highest BCUT2D eigenvalue weighted by Gasteiger charge is 2.36. The topological polar surface area (TPSA) is 37.4 Å². The summed E-state index contributed by atoms with van der Waals surface area (Å²) in [6, 6.07) is 3.88. The van der Waals surface area contributed by atoms with Gasteiger partial charge in [0.2, 0.25) is 0 Å². The van der Waals surface area contributed by atoms with E-state index in [1.807, 2.05) is 12.1 Å². The van der Waals surface area contributed by atoms with Crippen LogP contribution in [0.15, 0.2) is 17.0 Å². The van der Waals surface area contributed by atoms with E-state index in [0.29, 0.717) is 16.7 Å². The van der Waals surface area contributed by atoms with Crippen molar-refractivity contribution in [3.63, 3.8) is 0 Å². The van der Waals surface area contributed by atoms with Crippen molar-refractivity contribution in [3.05, 3.63) is 21.9 Å². The van der Waals surface area contributed by atoms with Crippen molar-refractivity contribution in [1.29, 1.82) is 0 Å². The maximum absolute atomic E-state index is 12.7. The summed E-state index contributed by atoms with van der Waals surface area (Å²) in [6.45, 7) is 8.48. The van der Waals surface area contributed by atoms with Crippen LogP contribution >= 0.6 is 22.7 Å². The Morgan fingerprint density at radius 2 is 1.48 bits per heavy atom.